The summed E-state index contributed by atoms with van der Waals surface area (Å²) >= 11 is 0. The van der Waals surface area contributed by atoms with Crippen molar-refractivity contribution in [3.8, 4) is 0 Å². The van der Waals surface area contributed by atoms with Crippen LogP contribution in [0.2, 0.25) is 0 Å². The van der Waals surface area contributed by atoms with Gasteiger partial charge in [0.15, 0.2) is 11.6 Å². The number of likely N-dealkylation sites (N-methyl/N-ethyl adjacent to an activating group) is 1. The van der Waals surface area contributed by atoms with Crippen LogP contribution in [-0.4, -0.2) is 12.5 Å². The predicted molar refractivity (Wildman–Crippen MR) is 51.4 cm³/mol. The first kappa shape index (κ1) is 10.0. The quantitative estimate of drug-likeness (QED) is 0.781. The fourth-order valence-corrected chi connectivity index (χ4v) is 1.68. The Morgan fingerprint density at radius 1 is 1.47 bits per heavy atom. The number of anilines is 1. The Hall–Kier alpha value is -1.49. The van der Waals surface area contributed by atoms with Gasteiger partial charge < -0.3 is 10.6 Å². The van der Waals surface area contributed by atoms with Gasteiger partial charge >= 0.3 is 0 Å². The Kier molecular flexibility index (Phi) is 2.40. The Morgan fingerprint density at radius 2 is 2.20 bits per heavy atom. The minimum absolute atomic E-state index is 0.0500. The molecule has 0 radical (unpaired) electrons. The van der Waals surface area contributed by atoms with Gasteiger partial charge in [0.05, 0.1) is 5.69 Å². The number of hydrogen-bond donors (Lipinski definition) is 2. The molecular weight excluding hydrogens is 202 g/mol. The second-order valence-electron chi connectivity index (χ2n) is 3.31. The number of halogens is 2. The number of fused-ring (bicyclic) bond motifs is 1. The van der Waals surface area contributed by atoms with E-state index in [0.717, 1.165) is 6.07 Å². The highest BCUT2D eigenvalue weighted by Gasteiger charge is 2.32. The van der Waals surface area contributed by atoms with E-state index in [1.54, 1.807) is 0 Å². The molecule has 5 heteroatoms. The van der Waals surface area contributed by atoms with Gasteiger partial charge in [-0.15, -0.1) is 0 Å². The zero-order valence-corrected chi connectivity index (χ0v) is 8.10. The van der Waals surface area contributed by atoms with Crippen LogP contribution in [-0.2, 0) is 4.79 Å². The van der Waals surface area contributed by atoms with Crippen molar-refractivity contribution < 1.29 is 13.6 Å². The second-order valence-corrected chi connectivity index (χ2v) is 3.31. The molecule has 3 nitrogen and oxygen atoms in total. The molecule has 0 aliphatic carbocycles. The van der Waals surface area contributed by atoms with E-state index in [9.17, 15) is 13.6 Å². The molecule has 2 N–H and O–H groups in total. The van der Waals surface area contributed by atoms with Crippen LogP contribution in [0.25, 0.3) is 0 Å². The Morgan fingerprint density at radius 3 is 2.87 bits per heavy atom. The molecule has 1 amide bonds. The first-order chi connectivity index (χ1) is 7.15. The summed E-state index contributed by atoms with van der Waals surface area (Å²) in [6.45, 7) is 2.42. The molecule has 1 aromatic carbocycles. The lowest BCUT2D eigenvalue weighted by molar-refractivity contribution is -0.117. The van der Waals surface area contributed by atoms with Crippen molar-refractivity contribution in [1.29, 1.82) is 0 Å². The number of hydrogen-bond acceptors (Lipinski definition) is 2. The van der Waals surface area contributed by atoms with Crippen molar-refractivity contribution in [1.82, 2.24) is 5.32 Å². The average Bonchev–Trinajstić information content (AvgIpc) is 2.52. The minimum atomic E-state index is -0.999. The van der Waals surface area contributed by atoms with Crippen LogP contribution in [0.1, 0.15) is 18.5 Å². The first-order valence-corrected chi connectivity index (χ1v) is 4.67. The molecule has 1 aliphatic rings. The van der Waals surface area contributed by atoms with Gasteiger partial charge in [0.25, 0.3) is 0 Å². The third-order valence-corrected chi connectivity index (χ3v) is 2.36. The molecule has 15 heavy (non-hydrogen) atoms. The SMILES string of the molecule is CCNC1C(=O)Nc2c1ccc(F)c2F. The molecule has 80 valence electrons. The molecule has 0 saturated carbocycles. The standard InChI is InChI=1S/C10H10F2N2O/c1-2-13-9-5-3-4-6(11)7(12)8(5)14-10(9)15/h3-4,9,13H,2H2,1H3,(H,14,15). The third-order valence-electron chi connectivity index (χ3n) is 2.36. The average molecular weight is 212 g/mol. The Bertz CT molecular complexity index is 420. The van der Waals surface area contributed by atoms with Crippen LogP contribution in [0.15, 0.2) is 12.1 Å². The van der Waals surface area contributed by atoms with E-state index in [0.29, 0.717) is 12.1 Å². The van der Waals surface area contributed by atoms with Gasteiger partial charge in [0, 0.05) is 5.56 Å². The van der Waals surface area contributed by atoms with Crippen molar-refractivity contribution in [3.05, 3.63) is 29.3 Å². The van der Waals surface area contributed by atoms with Crippen LogP contribution in [0, 0.1) is 11.6 Å². The normalized spacial score (nSPS) is 18.9. The highest BCUT2D eigenvalue weighted by Crippen LogP contribution is 2.33. The highest BCUT2D eigenvalue weighted by atomic mass is 19.2. The topological polar surface area (TPSA) is 41.1 Å². The van der Waals surface area contributed by atoms with Crippen LogP contribution in [0.3, 0.4) is 0 Å². The summed E-state index contributed by atoms with van der Waals surface area (Å²) in [5, 5.41) is 5.22. The minimum Gasteiger partial charge on any atom is -0.322 e. The molecule has 0 fully saturated rings. The highest BCUT2D eigenvalue weighted by molar-refractivity contribution is 6.02. The zero-order chi connectivity index (χ0) is 11.0. The molecule has 0 bridgehead atoms. The van der Waals surface area contributed by atoms with E-state index in [-0.39, 0.29) is 11.6 Å². The maximum atomic E-state index is 13.3. The summed E-state index contributed by atoms with van der Waals surface area (Å²) < 4.78 is 26.1. The number of nitrogens with one attached hydrogen (secondary N) is 2. The molecular formula is C10H10F2N2O. The first-order valence-electron chi connectivity index (χ1n) is 4.67. The van der Waals surface area contributed by atoms with Gasteiger partial charge in [-0.3, -0.25) is 4.79 Å². The molecule has 0 aromatic heterocycles. The molecule has 1 aliphatic heterocycles. The molecule has 1 heterocycles. The molecule has 1 atom stereocenters. The van der Waals surface area contributed by atoms with Crippen LogP contribution >= 0.6 is 0 Å². The van der Waals surface area contributed by atoms with Crippen molar-refractivity contribution in [2.75, 3.05) is 11.9 Å². The summed E-state index contributed by atoms with van der Waals surface area (Å²) in [5.41, 5.74) is 0.409. The second kappa shape index (κ2) is 3.58. The van der Waals surface area contributed by atoms with Gasteiger partial charge in [-0.2, -0.15) is 0 Å². The zero-order valence-electron chi connectivity index (χ0n) is 8.10. The van der Waals surface area contributed by atoms with E-state index in [1.807, 2.05) is 6.92 Å². The summed E-state index contributed by atoms with van der Waals surface area (Å²) in [5.74, 6) is -2.30. The van der Waals surface area contributed by atoms with E-state index in [2.05, 4.69) is 10.6 Å². The van der Waals surface area contributed by atoms with Gasteiger partial charge in [-0.1, -0.05) is 13.0 Å². The number of rotatable bonds is 2. The van der Waals surface area contributed by atoms with E-state index in [1.165, 1.54) is 6.07 Å². The number of amides is 1. The van der Waals surface area contributed by atoms with Crippen molar-refractivity contribution in [2.24, 2.45) is 0 Å². The van der Waals surface area contributed by atoms with E-state index >= 15 is 0 Å². The van der Waals surface area contributed by atoms with E-state index in [4.69, 9.17) is 0 Å². The molecule has 1 aromatic rings. The van der Waals surface area contributed by atoms with Crippen LogP contribution in [0.5, 0.6) is 0 Å². The summed E-state index contributed by atoms with van der Waals surface area (Å²) in [4.78, 5) is 11.4. The monoisotopic (exact) mass is 212 g/mol. The van der Waals surface area contributed by atoms with Crippen molar-refractivity contribution >= 4 is 11.6 Å². The summed E-state index contributed by atoms with van der Waals surface area (Å²) in [6, 6.07) is 1.86. The van der Waals surface area contributed by atoms with Crippen molar-refractivity contribution in [2.45, 2.75) is 13.0 Å². The lowest BCUT2D eigenvalue weighted by Crippen LogP contribution is -2.27. The van der Waals surface area contributed by atoms with Crippen LogP contribution < -0.4 is 10.6 Å². The fraction of sp³-hybridized carbons (Fsp3) is 0.300. The summed E-state index contributed by atoms with van der Waals surface area (Å²) in [6.07, 6.45) is 0. The van der Waals surface area contributed by atoms with Gasteiger partial charge in [0.1, 0.15) is 6.04 Å². The van der Waals surface area contributed by atoms with Gasteiger partial charge in [-0.05, 0) is 12.6 Å². The number of carbonyl (C=O) groups is 1. The van der Waals surface area contributed by atoms with Gasteiger partial charge in [0.2, 0.25) is 5.91 Å². The molecule has 0 saturated heterocycles. The third kappa shape index (κ3) is 1.48. The number of benzene rings is 1. The van der Waals surface area contributed by atoms with Crippen LogP contribution in [0.4, 0.5) is 14.5 Å². The lowest BCUT2D eigenvalue weighted by atomic mass is 10.1. The Labute approximate surface area is 85.5 Å². The number of carbonyl (C=O) groups excluding carboxylic acids is 1. The molecule has 1 unspecified atom stereocenters. The Balaban J connectivity index is 2.47. The maximum absolute atomic E-state index is 13.3. The predicted octanol–water partition coefficient (Wildman–Crippen LogP) is 1.57. The molecule has 2 rings (SSSR count). The maximum Gasteiger partial charge on any atom is 0.246 e. The molecule has 0 spiro atoms. The van der Waals surface area contributed by atoms with Gasteiger partial charge in [-0.25, -0.2) is 8.78 Å². The lowest BCUT2D eigenvalue weighted by Gasteiger charge is -2.08. The largest absolute Gasteiger partial charge is 0.322 e. The van der Waals surface area contributed by atoms with Crippen molar-refractivity contribution in [3.63, 3.8) is 0 Å². The van der Waals surface area contributed by atoms with E-state index < -0.39 is 17.7 Å². The fourth-order valence-electron chi connectivity index (χ4n) is 1.68. The summed E-state index contributed by atoms with van der Waals surface area (Å²) in [7, 11) is 0. The smallest absolute Gasteiger partial charge is 0.246 e.